The Labute approximate surface area is 240 Å². The second kappa shape index (κ2) is 12.9. The number of hydrogen-bond acceptors (Lipinski definition) is 4. The lowest BCUT2D eigenvalue weighted by Gasteiger charge is -2.52. The number of hydrogen-bond donors (Lipinski definition) is 2. The summed E-state index contributed by atoms with van der Waals surface area (Å²) in [6.45, 7) is 3.29. The highest BCUT2D eigenvalue weighted by Crippen LogP contribution is 2.42. The van der Waals surface area contributed by atoms with Gasteiger partial charge in [0, 0.05) is 36.8 Å². The van der Waals surface area contributed by atoms with E-state index >= 15 is 0 Å². The Bertz CT molecular complexity index is 1260. The highest BCUT2D eigenvalue weighted by atomic mass is 35.5. The number of rotatable bonds is 13. The molecule has 208 valence electrons. The normalized spacial score (nSPS) is 15.8. The average molecular weight is 572 g/mol. The number of aromatic nitrogens is 2. The van der Waals surface area contributed by atoms with E-state index in [4.69, 9.17) is 33.7 Å². The molecular weight excluding hydrogens is 535 g/mol. The fourth-order valence-corrected chi connectivity index (χ4v) is 5.89. The molecule has 3 N–H and O–H groups in total. The monoisotopic (exact) mass is 570 g/mol. The molecule has 1 aliphatic rings. The Balaban J connectivity index is 1.60. The largest absolute Gasteiger partial charge is 0.497 e. The number of amides is 2. The first-order chi connectivity index (χ1) is 18.8. The third kappa shape index (κ3) is 6.76. The predicted molar refractivity (Wildman–Crippen MR) is 154 cm³/mol. The standard InChI is InChI=1S/C30H36Cl2N4O3/c1-3-4-5-12-30(21-8-11-26(31)27(32)14-21)17-36(18-30)29(38)25(13-20-6-9-23(39-2)10-7-20)24(28(33)37)15-22-16-34-19-35-22/h6-11,14,16,19,24-25H,3-5,12-13,15,17-18H2,1-2H3,(H2,33,37)(H,34,35)/t24?,25-/m1/s1. The Morgan fingerprint density at radius 3 is 2.41 bits per heavy atom. The minimum Gasteiger partial charge on any atom is -0.497 e. The molecule has 1 saturated heterocycles. The molecule has 0 saturated carbocycles. The van der Waals surface area contributed by atoms with Gasteiger partial charge in [0.25, 0.3) is 0 Å². The summed E-state index contributed by atoms with van der Waals surface area (Å²) in [6, 6.07) is 13.3. The third-order valence-electron chi connectivity index (χ3n) is 7.87. The van der Waals surface area contributed by atoms with Crippen LogP contribution in [0.1, 0.15) is 49.4 Å². The van der Waals surface area contributed by atoms with Crippen molar-refractivity contribution in [1.29, 1.82) is 0 Å². The van der Waals surface area contributed by atoms with Crippen molar-refractivity contribution in [3.8, 4) is 5.75 Å². The summed E-state index contributed by atoms with van der Waals surface area (Å²) in [5, 5.41) is 1.03. The maximum atomic E-state index is 14.1. The second-order valence-electron chi connectivity index (χ2n) is 10.5. The van der Waals surface area contributed by atoms with Crippen molar-refractivity contribution in [2.75, 3.05) is 20.2 Å². The summed E-state index contributed by atoms with van der Waals surface area (Å²) in [6.07, 6.45) is 8.14. The van der Waals surface area contributed by atoms with E-state index in [1.807, 2.05) is 47.4 Å². The molecule has 0 aliphatic carbocycles. The molecule has 2 amide bonds. The fraction of sp³-hybridized carbons (Fsp3) is 0.433. The van der Waals surface area contributed by atoms with Crippen molar-refractivity contribution < 1.29 is 14.3 Å². The first-order valence-electron chi connectivity index (χ1n) is 13.4. The molecule has 39 heavy (non-hydrogen) atoms. The number of halogens is 2. The fourth-order valence-electron chi connectivity index (χ4n) is 5.59. The number of ether oxygens (including phenoxy) is 1. The zero-order valence-corrected chi connectivity index (χ0v) is 24.0. The van der Waals surface area contributed by atoms with Gasteiger partial charge in [-0.05, 0) is 48.2 Å². The Hall–Kier alpha value is -3.03. The maximum absolute atomic E-state index is 14.1. The first-order valence-corrected chi connectivity index (χ1v) is 14.2. The smallest absolute Gasteiger partial charge is 0.226 e. The van der Waals surface area contributed by atoms with Crippen molar-refractivity contribution >= 4 is 35.0 Å². The van der Waals surface area contributed by atoms with Crippen molar-refractivity contribution in [3.63, 3.8) is 0 Å². The molecule has 7 nitrogen and oxygen atoms in total. The molecule has 1 fully saturated rings. The average Bonchev–Trinajstić information content (AvgIpc) is 3.42. The van der Waals surface area contributed by atoms with Crippen LogP contribution < -0.4 is 10.5 Å². The van der Waals surface area contributed by atoms with E-state index in [2.05, 4.69) is 16.9 Å². The summed E-state index contributed by atoms with van der Waals surface area (Å²) in [7, 11) is 1.61. The van der Waals surface area contributed by atoms with Crippen LogP contribution in [0, 0.1) is 11.8 Å². The molecule has 2 aromatic carbocycles. The van der Waals surface area contributed by atoms with Gasteiger partial charge < -0.3 is 20.4 Å². The van der Waals surface area contributed by atoms with E-state index in [0.717, 1.165) is 48.3 Å². The molecule has 2 heterocycles. The Kier molecular flexibility index (Phi) is 9.57. The number of likely N-dealkylation sites (tertiary alicyclic amines) is 1. The van der Waals surface area contributed by atoms with E-state index in [0.29, 0.717) is 36.0 Å². The summed E-state index contributed by atoms with van der Waals surface area (Å²) in [5.74, 6) is -1.16. The highest BCUT2D eigenvalue weighted by Gasteiger charge is 2.48. The van der Waals surface area contributed by atoms with Crippen LogP contribution in [-0.4, -0.2) is 46.9 Å². The summed E-state index contributed by atoms with van der Waals surface area (Å²) in [5.41, 5.74) is 8.51. The summed E-state index contributed by atoms with van der Waals surface area (Å²) >= 11 is 12.6. The van der Waals surface area contributed by atoms with Gasteiger partial charge in [-0.2, -0.15) is 0 Å². The minimum atomic E-state index is -0.694. The van der Waals surface area contributed by atoms with Crippen molar-refractivity contribution in [2.24, 2.45) is 17.6 Å². The molecular formula is C30H36Cl2N4O3. The van der Waals surface area contributed by atoms with Gasteiger partial charge in [0.2, 0.25) is 11.8 Å². The van der Waals surface area contributed by atoms with Crippen LogP contribution in [0.5, 0.6) is 5.75 Å². The van der Waals surface area contributed by atoms with Crippen LogP contribution in [0.4, 0.5) is 0 Å². The number of unbranched alkanes of at least 4 members (excludes halogenated alkanes) is 2. The number of nitrogens with zero attached hydrogens (tertiary/aromatic N) is 2. The zero-order valence-electron chi connectivity index (χ0n) is 22.5. The maximum Gasteiger partial charge on any atom is 0.226 e. The molecule has 1 unspecified atom stereocenters. The number of aromatic amines is 1. The third-order valence-corrected chi connectivity index (χ3v) is 8.61. The predicted octanol–water partition coefficient (Wildman–Crippen LogP) is 5.59. The van der Waals surface area contributed by atoms with Crippen LogP contribution in [0.3, 0.4) is 0 Å². The lowest BCUT2D eigenvalue weighted by Crippen LogP contribution is -2.63. The molecule has 1 aromatic heterocycles. The quantitative estimate of drug-likeness (QED) is 0.261. The van der Waals surface area contributed by atoms with E-state index < -0.39 is 17.7 Å². The van der Waals surface area contributed by atoms with Gasteiger partial charge in [-0.25, -0.2) is 4.98 Å². The number of H-pyrrole nitrogens is 1. The Morgan fingerprint density at radius 2 is 1.82 bits per heavy atom. The Morgan fingerprint density at radius 1 is 1.08 bits per heavy atom. The molecule has 0 radical (unpaired) electrons. The van der Waals surface area contributed by atoms with E-state index in [1.165, 1.54) is 0 Å². The van der Waals surface area contributed by atoms with Crippen molar-refractivity contribution in [3.05, 3.63) is 81.9 Å². The van der Waals surface area contributed by atoms with Crippen LogP contribution >= 0.6 is 23.2 Å². The van der Waals surface area contributed by atoms with Crippen LogP contribution in [0.15, 0.2) is 55.0 Å². The lowest BCUT2D eigenvalue weighted by atomic mass is 9.69. The number of benzene rings is 2. The van der Waals surface area contributed by atoms with Gasteiger partial charge in [-0.15, -0.1) is 0 Å². The molecule has 9 heteroatoms. The topological polar surface area (TPSA) is 101 Å². The lowest BCUT2D eigenvalue weighted by molar-refractivity contribution is -0.148. The van der Waals surface area contributed by atoms with E-state index in [-0.39, 0.29) is 11.3 Å². The molecule has 3 aromatic rings. The van der Waals surface area contributed by atoms with E-state index in [1.54, 1.807) is 19.6 Å². The van der Waals surface area contributed by atoms with Gasteiger partial charge in [0.15, 0.2) is 0 Å². The number of nitrogens with two attached hydrogens (primary N) is 1. The number of carbonyl (C=O) groups excluding carboxylic acids is 2. The van der Waals surface area contributed by atoms with Gasteiger partial charge in [-0.1, -0.05) is 67.6 Å². The minimum absolute atomic E-state index is 0.0692. The second-order valence-corrected chi connectivity index (χ2v) is 11.3. The van der Waals surface area contributed by atoms with Gasteiger partial charge >= 0.3 is 0 Å². The molecule has 0 bridgehead atoms. The molecule has 0 spiro atoms. The first kappa shape index (κ1) is 29.0. The number of imidazole rings is 1. The van der Waals surface area contributed by atoms with Crippen molar-refractivity contribution in [1.82, 2.24) is 14.9 Å². The van der Waals surface area contributed by atoms with Crippen molar-refractivity contribution in [2.45, 2.75) is 50.9 Å². The summed E-state index contributed by atoms with van der Waals surface area (Å²) < 4.78 is 5.29. The zero-order chi connectivity index (χ0) is 28.0. The summed E-state index contributed by atoms with van der Waals surface area (Å²) in [4.78, 5) is 35.8. The van der Waals surface area contributed by atoms with Gasteiger partial charge in [0.1, 0.15) is 5.75 Å². The van der Waals surface area contributed by atoms with Crippen LogP contribution in [0.2, 0.25) is 10.0 Å². The van der Waals surface area contributed by atoms with Crippen LogP contribution in [-0.2, 0) is 27.8 Å². The molecule has 2 atom stereocenters. The molecule has 1 aliphatic heterocycles. The number of primary amides is 1. The molecule has 4 rings (SSSR count). The number of carbonyl (C=O) groups is 2. The highest BCUT2D eigenvalue weighted by molar-refractivity contribution is 6.42. The van der Waals surface area contributed by atoms with Gasteiger partial charge in [-0.3, -0.25) is 9.59 Å². The van der Waals surface area contributed by atoms with E-state index in [9.17, 15) is 9.59 Å². The SMILES string of the molecule is CCCCCC1(c2ccc(Cl)c(Cl)c2)CN(C(=O)[C@H](Cc2ccc(OC)cc2)C(Cc2cnc[nH]2)C(N)=O)C1. The van der Waals surface area contributed by atoms with Crippen LogP contribution in [0.25, 0.3) is 0 Å². The van der Waals surface area contributed by atoms with Gasteiger partial charge in [0.05, 0.1) is 35.3 Å². The number of nitrogens with one attached hydrogen (secondary N) is 1. The number of methoxy groups -OCH3 is 1.